The van der Waals surface area contributed by atoms with Crippen LogP contribution in [-0.4, -0.2) is 37.9 Å². The van der Waals surface area contributed by atoms with E-state index in [0.29, 0.717) is 19.4 Å². The molecule has 1 atom stereocenters. The molecule has 0 aliphatic rings. The van der Waals surface area contributed by atoms with Crippen LogP contribution in [0.15, 0.2) is 36.5 Å². The number of carbonyl (C=O) groups is 2. The highest BCUT2D eigenvalue weighted by Gasteiger charge is 2.16. The van der Waals surface area contributed by atoms with E-state index < -0.39 is 6.10 Å². The third-order valence-electron chi connectivity index (χ3n) is 12.2. The van der Waals surface area contributed by atoms with Crippen molar-refractivity contribution in [1.82, 2.24) is 0 Å². The molecule has 5 nitrogen and oxygen atoms in total. The summed E-state index contributed by atoms with van der Waals surface area (Å²) in [7, 11) is 0. The smallest absolute Gasteiger partial charge is 0.305 e. The maximum Gasteiger partial charge on any atom is 0.305 e. The molecular weight excluding hydrogens is 765 g/mol. The van der Waals surface area contributed by atoms with Crippen molar-refractivity contribution in [1.29, 1.82) is 0 Å². The summed E-state index contributed by atoms with van der Waals surface area (Å²) in [5, 5.41) is 0. The van der Waals surface area contributed by atoms with Gasteiger partial charge in [0.1, 0.15) is 19.3 Å². The lowest BCUT2D eigenvalue weighted by Crippen LogP contribution is -2.29. The van der Waals surface area contributed by atoms with Gasteiger partial charge in [0.2, 0.25) is 0 Å². The van der Waals surface area contributed by atoms with Crippen LogP contribution in [-0.2, 0) is 23.8 Å². The van der Waals surface area contributed by atoms with Crippen molar-refractivity contribution in [2.75, 3.05) is 19.8 Å². The minimum absolute atomic E-state index is 0.151. The topological polar surface area (TPSA) is 61.8 Å². The maximum absolute atomic E-state index is 12.6. The first kappa shape index (κ1) is 60.1. The Labute approximate surface area is 387 Å². The molecule has 0 aromatic carbocycles. The van der Waals surface area contributed by atoms with Gasteiger partial charge in [-0.2, -0.15) is 0 Å². The third-order valence-corrected chi connectivity index (χ3v) is 12.2. The summed E-state index contributed by atoms with van der Waals surface area (Å²) in [5.41, 5.74) is 0. The van der Waals surface area contributed by atoms with Crippen molar-refractivity contribution in [2.45, 2.75) is 297 Å². The Morgan fingerprint density at radius 2 is 0.613 bits per heavy atom. The molecule has 364 valence electrons. The standard InChI is InChI=1S/C57H106O5/c1-4-7-10-13-16-19-22-25-28-31-34-37-40-43-46-49-52-60-55(53-61-56(58)50-47-44-41-38-35-32-29-26-23-20-17-14-11-8-5-2)54-62-57(59)51-48-45-42-39-36-33-30-27-24-21-18-15-12-9-6-3/h17,20,26-27,29-30,55H,4-16,18-19,21-25,28,31-54H2,1-3H3/b20-17-,29-26-,30-27-/t55-/m1/s1. The zero-order valence-corrected chi connectivity index (χ0v) is 41.9. The van der Waals surface area contributed by atoms with E-state index in [1.54, 1.807) is 0 Å². The molecule has 0 rings (SSSR count). The number of esters is 2. The van der Waals surface area contributed by atoms with Gasteiger partial charge in [-0.25, -0.2) is 0 Å². The zero-order valence-electron chi connectivity index (χ0n) is 41.9. The highest BCUT2D eigenvalue weighted by molar-refractivity contribution is 5.69. The fourth-order valence-electron chi connectivity index (χ4n) is 7.98. The normalized spacial score (nSPS) is 12.4. The molecule has 0 heterocycles. The Bertz CT molecular complexity index is 986. The summed E-state index contributed by atoms with van der Waals surface area (Å²) in [6.07, 6.45) is 64.6. The number of hydrogen-bond acceptors (Lipinski definition) is 5. The first-order chi connectivity index (χ1) is 30.6. The summed E-state index contributed by atoms with van der Waals surface area (Å²) >= 11 is 0. The molecule has 0 N–H and O–H groups in total. The number of carbonyl (C=O) groups excluding carboxylic acids is 2. The van der Waals surface area contributed by atoms with Gasteiger partial charge in [0.25, 0.3) is 0 Å². The van der Waals surface area contributed by atoms with Crippen LogP contribution >= 0.6 is 0 Å². The molecule has 62 heavy (non-hydrogen) atoms. The lowest BCUT2D eigenvalue weighted by molar-refractivity contribution is -0.155. The Hall–Kier alpha value is -1.88. The predicted octanol–water partition coefficient (Wildman–Crippen LogP) is 18.6. The van der Waals surface area contributed by atoms with E-state index >= 15 is 0 Å². The predicted molar refractivity (Wildman–Crippen MR) is 270 cm³/mol. The SMILES string of the molecule is CCCCC/C=C\C/C=C\CCCCCCCC(=O)OC[C@H](COC(=O)CCCCCCC/C=C\CCCCCCCC)OCCCCCCCCCCCCCCCCCC. The lowest BCUT2D eigenvalue weighted by atomic mass is 10.0. The van der Waals surface area contributed by atoms with Crippen molar-refractivity contribution in [3.8, 4) is 0 Å². The van der Waals surface area contributed by atoms with Crippen molar-refractivity contribution in [3.05, 3.63) is 36.5 Å². The summed E-state index contributed by atoms with van der Waals surface area (Å²) < 4.78 is 17.5. The molecule has 0 spiro atoms. The van der Waals surface area contributed by atoms with Crippen LogP contribution in [0.4, 0.5) is 0 Å². The summed E-state index contributed by atoms with van der Waals surface area (Å²) in [4.78, 5) is 25.2. The fourth-order valence-corrected chi connectivity index (χ4v) is 7.98. The Balaban J connectivity index is 4.26. The molecule has 0 aliphatic carbocycles. The number of allylic oxidation sites excluding steroid dienone is 6. The molecule has 0 saturated heterocycles. The van der Waals surface area contributed by atoms with E-state index in [9.17, 15) is 9.59 Å². The number of hydrogen-bond donors (Lipinski definition) is 0. The molecule has 0 bridgehead atoms. The molecule has 0 aromatic heterocycles. The first-order valence-electron chi connectivity index (χ1n) is 27.5. The van der Waals surface area contributed by atoms with Crippen molar-refractivity contribution < 1.29 is 23.8 Å². The van der Waals surface area contributed by atoms with Crippen LogP contribution in [0.1, 0.15) is 290 Å². The summed E-state index contributed by atoms with van der Waals surface area (Å²) in [5.74, 6) is -0.346. The molecule has 5 heteroatoms. The summed E-state index contributed by atoms with van der Waals surface area (Å²) in [6.45, 7) is 7.72. The zero-order chi connectivity index (χ0) is 44.9. The molecule has 0 saturated carbocycles. The van der Waals surface area contributed by atoms with Crippen LogP contribution in [0.2, 0.25) is 0 Å². The van der Waals surface area contributed by atoms with Gasteiger partial charge in [-0.3, -0.25) is 9.59 Å². The average Bonchev–Trinajstić information content (AvgIpc) is 3.28. The van der Waals surface area contributed by atoms with Crippen molar-refractivity contribution in [2.24, 2.45) is 0 Å². The van der Waals surface area contributed by atoms with Crippen LogP contribution in [0.3, 0.4) is 0 Å². The van der Waals surface area contributed by atoms with Crippen LogP contribution in [0, 0.1) is 0 Å². The second-order valence-corrected chi connectivity index (χ2v) is 18.5. The maximum atomic E-state index is 12.6. The van der Waals surface area contributed by atoms with Crippen LogP contribution in [0.25, 0.3) is 0 Å². The van der Waals surface area contributed by atoms with E-state index in [-0.39, 0.29) is 25.2 Å². The number of rotatable bonds is 51. The summed E-state index contributed by atoms with van der Waals surface area (Å²) in [6, 6.07) is 0. The highest BCUT2D eigenvalue weighted by atomic mass is 16.6. The minimum atomic E-state index is -0.405. The number of ether oxygens (including phenoxy) is 3. The molecule has 0 unspecified atom stereocenters. The minimum Gasteiger partial charge on any atom is -0.463 e. The molecule has 0 radical (unpaired) electrons. The quantitative estimate of drug-likeness (QED) is 0.0346. The van der Waals surface area contributed by atoms with Gasteiger partial charge >= 0.3 is 11.9 Å². The van der Waals surface area contributed by atoms with Gasteiger partial charge in [-0.1, -0.05) is 237 Å². The van der Waals surface area contributed by atoms with Crippen LogP contribution < -0.4 is 0 Å². The van der Waals surface area contributed by atoms with E-state index in [1.807, 2.05) is 0 Å². The van der Waals surface area contributed by atoms with Gasteiger partial charge in [-0.15, -0.1) is 0 Å². The van der Waals surface area contributed by atoms with Gasteiger partial charge in [-0.05, 0) is 77.0 Å². The van der Waals surface area contributed by atoms with Gasteiger partial charge in [0, 0.05) is 19.4 Å². The monoisotopic (exact) mass is 871 g/mol. The average molecular weight is 871 g/mol. The molecule has 0 aromatic rings. The largest absolute Gasteiger partial charge is 0.463 e. The van der Waals surface area contributed by atoms with E-state index in [0.717, 1.165) is 64.2 Å². The molecule has 0 aliphatic heterocycles. The Morgan fingerprint density at radius 3 is 0.984 bits per heavy atom. The van der Waals surface area contributed by atoms with Crippen LogP contribution in [0.5, 0.6) is 0 Å². The molecule has 0 amide bonds. The highest BCUT2D eigenvalue weighted by Crippen LogP contribution is 2.15. The van der Waals surface area contributed by atoms with Gasteiger partial charge in [0.15, 0.2) is 0 Å². The third kappa shape index (κ3) is 50.8. The van der Waals surface area contributed by atoms with Gasteiger partial charge < -0.3 is 14.2 Å². The fraction of sp³-hybridized carbons (Fsp3) is 0.860. The van der Waals surface area contributed by atoms with E-state index in [2.05, 4.69) is 57.2 Å². The van der Waals surface area contributed by atoms with Crippen molar-refractivity contribution in [3.63, 3.8) is 0 Å². The lowest BCUT2D eigenvalue weighted by Gasteiger charge is -2.18. The number of unbranched alkanes of at least 4 members (excludes halogenated alkanes) is 34. The second-order valence-electron chi connectivity index (χ2n) is 18.5. The van der Waals surface area contributed by atoms with Crippen molar-refractivity contribution >= 4 is 11.9 Å². The van der Waals surface area contributed by atoms with Gasteiger partial charge in [0.05, 0.1) is 0 Å². The van der Waals surface area contributed by atoms with E-state index in [1.165, 1.54) is 193 Å². The first-order valence-corrected chi connectivity index (χ1v) is 27.5. The van der Waals surface area contributed by atoms with E-state index in [4.69, 9.17) is 14.2 Å². The Morgan fingerprint density at radius 1 is 0.339 bits per heavy atom. The second kappa shape index (κ2) is 53.5. The molecule has 0 fully saturated rings. The Kier molecular flexibility index (Phi) is 51.8. The molecular formula is C57H106O5.